The number of fused-ring (bicyclic) bond motifs is 1. The minimum absolute atomic E-state index is 0. The topological polar surface area (TPSA) is 15.7 Å². The highest BCUT2D eigenvalue weighted by Crippen LogP contribution is 2.38. The van der Waals surface area contributed by atoms with Gasteiger partial charge in [0.15, 0.2) is 0 Å². The fourth-order valence-electron chi connectivity index (χ4n) is 3.06. The van der Waals surface area contributed by atoms with Gasteiger partial charge in [-0.15, -0.1) is 24.8 Å². The van der Waals surface area contributed by atoms with Gasteiger partial charge < -0.3 is 9.64 Å². The molecule has 3 rings (SSSR count). The number of ether oxygens (including phenoxy) is 1. The van der Waals surface area contributed by atoms with E-state index < -0.39 is 0 Å². The van der Waals surface area contributed by atoms with Gasteiger partial charge in [-0.2, -0.15) is 0 Å². The van der Waals surface area contributed by atoms with Crippen molar-refractivity contribution in [2.24, 2.45) is 0 Å². The quantitative estimate of drug-likeness (QED) is 0.678. The van der Waals surface area contributed by atoms with E-state index in [0.717, 1.165) is 36.5 Å². The molecule has 0 radical (unpaired) electrons. The van der Waals surface area contributed by atoms with Crippen LogP contribution in [0.4, 0.5) is 0 Å². The molecule has 2 aromatic carbocycles. The molecule has 25 heavy (non-hydrogen) atoms. The van der Waals surface area contributed by atoms with Gasteiger partial charge in [-0.1, -0.05) is 46.3 Å². The fraction of sp³-hybridized carbons (Fsp3) is 0.368. The highest BCUT2D eigenvalue weighted by molar-refractivity contribution is 9.10. The van der Waals surface area contributed by atoms with E-state index in [9.17, 15) is 0 Å². The Balaban J connectivity index is 0.00000156. The lowest BCUT2D eigenvalue weighted by atomic mass is 9.96. The standard InChI is InChI=1S/C19H23BrN2O.2ClH/c1-21(2)10-11-22-12-13-23-18-9-8-16(20)14-17(18)19(22)15-6-4-3-5-7-15;;/h3-9,14,19H,10-13H2,1-2H3;2*1H. The maximum atomic E-state index is 6.02. The summed E-state index contributed by atoms with van der Waals surface area (Å²) < 4.78 is 7.11. The molecular formula is C19H25BrCl2N2O. The van der Waals surface area contributed by atoms with Crippen LogP contribution in [0.25, 0.3) is 0 Å². The Hall–Kier alpha value is -0.780. The van der Waals surface area contributed by atoms with Crippen molar-refractivity contribution >= 4 is 40.7 Å². The van der Waals surface area contributed by atoms with Gasteiger partial charge in [0.1, 0.15) is 12.4 Å². The second-order valence-electron chi connectivity index (χ2n) is 6.18. The first-order valence-corrected chi connectivity index (χ1v) is 8.80. The van der Waals surface area contributed by atoms with Gasteiger partial charge in [-0.25, -0.2) is 0 Å². The van der Waals surface area contributed by atoms with Crippen molar-refractivity contribution in [3.63, 3.8) is 0 Å². The van der Waals surface area contributed by atoms with Gasteiger partial charge in [0.2, 0.25) is 0 Å². The van der Waals surface area contributed by atoms with Crippen LogP contribution < -0.4 is 4.74 Å². The summed E-state index contributed by atoms with van der Waals surface area (Å²) in [5.74, 6) is 0.995. The van der Waals surface area contributed by atoms with Crippen molar-refractivity contribution in [3.8, 4) is 5.75 Å². The fourth-order valence-corrected chi connectivity index (χ4v) is 3.44. The predicted octanol–water partition coefficient (Wildman–Crippen LogP) is 4.64. The second-order valence-corrected chi connectivity index (χ2v) is 7.10. The van der Waals surface area contributed by atoms with E-state index in [4.69, 9.17) is 4.74 Å². The molecule has 0 aliphatic carbocycles. The summed E-state index contributed by atoms with van der Waals surface area (Å²) in [5, 5.41) is 0. The molecule has 1 aliphatic heterocycles. The number of rotatable bonds is 4. The normalized spacial score (nSPS) is 16.9. The number of benzene rings is 2. The Kier molecular flexibility index (Phi) is 9.25. The number of hydrogen-bond acceptors (Lipinski definition) is 3. The first kappa shape index (κ1) is 22.3. The molecule has 0 saturated carbocycles. The zero-order valence-corrected chi connectivity index (χ0v) is 17.7. The van der Waals surface area contributed by atoms with Crippen molar-refractivity contribution in [3.05, 3.63) is 64.1 Å². The molecule has 2 aromatic rings. The van der Waals surface area contributed by atoms with Crippen molar-refractivity contribution in [1.82, 2.24) is 9.80 Å². The van der Waals surface area contributed by atoms with Crippen LogP contribution in [0.2, 0.25) is 0 Å². The van der Waals surface area contributed by atoms with E-state index in [0.29, 0.717) is 0 Å². The molecule has 1 unspecified atom stereocenters. The lowest BCUT2D eigenvalue weighted by Crippen LogP contribution is -2.36. The first-order valence-electron chi connectivity index (χ1n) is 8.01. The Morgan fingerprint density at radius 1 is 1.12 bits per heavy atom. The highest BCUT2D eigenvalue weighted by atomic mass is 79.9. The van der Waals surface area contributed by atoms with Crippen molar-refractivity contribution in [2.45, 2.75) is 6.04 Å². The Morgan fingerprint density at radius 2 is 1.84 bits per heavy atom. The Bertz CT molecular complexity index is 655. The summed E-state index contributed by atoms with van der Waals surface area (Å²) >= 11 is 3.62. The van der Waals surface area contributed by atoms with Gasteiger partial charge >= 0.3 is 0 Å². The van der Waals surface area contributed by atoms with E-state index in [1.165, 1.54) is 11.1 Å². The minimum Gasteiger partial charge on any atom is -0.492 e. The lowest BCUT2D eigenvalue weighted by molar-refractivity contribution is 0.185. The minimum atomic E-state index is 0. The SMILES string of the molecule is CN(C)CCN1CCOc2ccc(Br)cc2C1c1ccccc1.Cl.Cl. The molecule has 0 fully saturated rings. The van der Waals surface area contributed by atoms with Gasteiger partial charge in [0, 0.05) is 29.7 Å². The number of nitrogens with zero attached hydrogens (tertiary/aromatic N) is 2. The number of hydrogen-bond donors (Lipinski definition) is 0. The molecule has 0 aromatic heterocycles. The molecule has 0 spiro atoms. The molecule has 0 amide bonds. The molecule has 0 saturated heterocycles. The molecule has 1 aliphatic rings. The van der Waals surface area contributed by atoms with E-state index in [1.54, 1.807) is 0 Å². The summed E-state index contributed by atoms with van der Waals surface area (Å²) in [6, 6.07) is 17.3. The summed E-state index contributed by atoms with van der Waals surface area (Å²) in [6.45, 7) is 3.71. The average molecular weight is 448 g/mol. The third-order valence-electron chi connectivity index (χ3n) is 4.22. The Labute approximate surface area is 171 Å². The molecule has 138 valence electrons. The van der Waals surface area contributed by atoms with E-state index in [1.807, 2.05) is 0 Å². The molecule has 0 N–H and O–H groups in total. The number of likely N-dealkylation sites (N-methyl/N-ethyl adjacent to an activating group) is 1. The predicted molar refractivity (Wildman–Crippen MR) is 113 cm³/mol. The monoisotopic (exact) mass is 446 g/mol. The highest BCUT2D eigenvalue weighted by Gasteiger charge is 2.28. The largest absolute Gasteiger partial charge is 0.492 e. The third-order valence-corrected chi connectivity index (χ3v) is 4.71. The summed E-state index contributed by atoms with van der Waals surface area (Å²) in [5.41, 5.74) is 2.55. The average Bonchev–Trinajstić information content (AvgIpc) is 2.72. The molecule has 0 bridgehead atoms. The zero-order chi connectivity index (χ0) is 16.2. The van der Waals surface area contributed by atoms with Crippen LogP contribution >= 0.6 is 40.7 Å². The summed E-state index contributed by atoms with van der Waals surface area (Å²) in [7, 11) is 4.24. The molecule has 1 heterocycles. The van der Waals surface area contributed by atoms with Crippen LogP contribution in [0.5, 0.6) is 5.75 Å². The maximum absolute atomic E-state index is 6.02. The van der Waals surface area contributed by atoms with Gasteiger partial charge in [0.05, 0.1) is 6.04 Å². The lowest BCUT2D eigenvalue weighted by Gasteiger charge is -2.31. The van der Waals surface area contributed by atoms with Crippen LogP contribution in [0.15, 0.2) is 53.0 Å². The zero-order valence-electron chi connectivity index (χ0n) is 14.5. The Morgan fingerprint density at radius 3 is 2.52 bits per heavy atom. The van der Waals surface area contributed by atoms with Crippen LogP contribution in [0, 0.1) is 0 Å². The number of halogens is 3. The second kappa shape index (κ2) is 10.4. The molecule has 6 heteroatoms. The van der Waals surface area contributed by atoms with Crippen LogP contribution in [-0.2, 0) is 0 Å². The van der Waals surface area contributed by atoms with Crippen molar-refractivity contribution in [1.29, 1.82) is 0 Å². The van der Waals surface area contributed by atoms with Crippen molar-refractivity contribution in [2.75, 3.05) is 40.3 Å². The van der Waals surface area contributed by atoms with Gasteiger partial charge in [0.25, 0.3) is 0 Å². The van der Waals surface area contributed by atoms with Crippen LogP contribution in [-0.4, -0.2) is 50.1 Å². The van der Waals surface area contributed by atoms with Crippen LogP contribution in [0.3, 0.4) is 0 Å². The van der Waals surface area contributed by atoms with Gasteiger partial charge in [-0.3, -0.25) is 4.90 Å². The van der Waals surface area contributed by atoms with E-state index in [-0.39, 0.29) is 30.9 Å². The third kappa shape index (κ3) is 5.60. The van der Waals surface area contributed by atoms with Crippen LogP contribution in [0.1, 0.15) is 17.2 Å². The summed E-state index contributed by atoms with van der Waals surface area (Å²) in [6.07, 6.45) is 0. The van der Waals surface area contributed by atoms with E-state index >= 15 is 0 Å². The first-order chi connectivity index (χ1) is 11.1. The molecule has 1 atom stereocenters. The smallest absolute Gasteiger partial charge is 0.124 e. The molecule has 3 nitrogen and oxygen atoms in total. The molecular weight excluding hydrogens is 423 g/mol. The summed E-state index contributed by atoms with van der Waals surface area (Å²) in [4.78, 5) is 4.75. The van der Waals surface area contributed by atoms with Gasteiger partial charge in [-0.05, 0) is 37.9 Å². The van der Waals surface area contributed by atoms with Crippen molar-refractivity contribution < 1.29 is 4.74 Å². The van der Waals surface area contributed by atoms with E-state index in [2.05, 4.69) is 88.4 Å². The maximum Gasteiger partial charge on any atom is 0.124 e.